The van der Waals surface area contributed by atoms with E-state index in [1.165, 1.54) is 0 Å². The minimum Gasteiger partial charge on any atom is -0.346 e. The van der Waals surface area contributed by atoms with Gasteiger partial charge in [0.25, 0.3) is 0 Å². The lowest BCUT2D eigenvalue weighted by atomic mass is 10.3. The zero-order chi connectivity index (χ0) is 16.3. The Labute approximate surface area is 149 Å². The molecule has 2 aromatic rings. The second-order valence-electron chi connectivity index (χ2n) is 4.67. The van der Waals surface area contributed by atoms with Gasteiger partial charge in [-0.3, -0.25) is 4.68 Å². The Morgan fingerprint density at radius 2 is 2.05 bits per heavy atom. The van der Waals surface area contributed by atoms with Gasteiger partial charge in [-0.25, -0.2) is 0 Å². The van der Waals surface area contributed by atoms with E-state index in [1.807, 2.05) is 23.6 Å². The molecule has 0 bridgehead atoms. The fourth-order valence-corrected chi connectivity index (χ4v) is 2.63. The lowest BCUT2D eigenvalue weighted by molar-refractivity contribution is 0.471. The summed E-state index contributed by atoms with van der Waals surface area (Å²) in [6, 6.07) is 5.17. The molecule has 0 radical (unpaired) electrons. The molecule has 8 heteroatoms. The molecular formula is C14H15Cl3N4S. The predicted molar refractivity (Wildman–Crippen MR) is 97.1 cm³/mol. The third-order valence-electron chi connectivity index (χ3n) is 3.10. The Bertz CT molecular complexity index is 687. The quantitative estimate of drug-likeness (QED) is 0.783. The van der Waals surface area contributed by atoms with Gasteiger partial charge in [-0.2, -0.15) is 5.10 Å². The smallest absolute Gasteiger partial charge is 0.173 e. The Balaban J connectivity index is 2.09. The molecular weight excluding hydrogens is 363 g/mol. The van der Waals surface area contributed by atoms with Gasteiger partial charge in [0.1, 0.15) is 0 Å². The molecule has 0 amide bonds. The topological polar surface area (TPSA) is 33.1 Å². The number of halogens is 3. The summed E-state index contributed by atoms with van der Waals surface area (Å²) in [5.41, 5.74) is 1.58. The summed E-state index contributed by atoms with van der Waals surface area (Å²) >= 11 is 23.7. The molecule has 0 saturated heterocycles. The summed E-state index contributed by atoms with van der Waals surface area (Å²) in [5.74, 6) is 0. The molecule has 0 unspecified atom stereocenters. The van der Waals surface area contributed by atoms with Crippen LogP contribution in [-0.2, 0) is 13.1 Å². The van der Waals surface area contributed by atoms with Crippen LogP contribution in [0, 0.1) is 0 Å². The number of nitrogens with zero attached hydrogens (tertiary/aromatic N) is 3. The van der Waals surface area contributed by atoms with Crippen molar-refractivity contribution in [2.45, 2.75) is 20.0 Å². The summed E-state index contributed by atoms with van der Waals surface area (Å²) in [4.78, 5) is 1.86. The van der Waals surface area contributed by atoms with Gasteiger partial charge in [0, 0.05) is 18.6 Å². The van der Waals surface area contributed by atoms with E-state index < -0.39 is 0 Å². The Kier molecular flexibility index (Phi) is 5.92. The van der Waals surface area contributed by atoms with E-state index >= 15 is 0 Å². The van der Waals surface area contributed by atoms with Crippen LogP contribution in [0.15, 0.2) is 24.4 Å². The van der Waals surface area contributed by atoms with Crippen LogP contribution in [0.1, 0.15) is 12.6 Å². The van der Waals surface area contributed by atoms with Crippen molar-refractivity contribution in [3.8, 4) is 0 Å². The van der Waals surface area contributed by atoms with Crippen molar-refractivity contribution < 1.29 is 0 Å². The molecule has 0 spiro atoms. The molecule has 0 fully saturated rings. The first-order chi connectivity index (χ1) is 10.4. The van der Waals surface area contributed by atoms with Crippen molar-refractivity contribution in [3.63, 3.8) is 0 Å². The summed E-state index contributed by atoms with van der Waals surface area (Å²) < 4.78 is 1.84. The Morgan fingerprint density at radius 3 is 2.73 bits per heavy atom. The number of aromatic nitrogens is 2. The summed E-state index contributed by atoms with van der Waals surface area (Å²) in [5, 5.41) is 9.58. The molecule has 1 aromatic heterocycles. The maximum absolute atomic E-state index is 6.17. The molecule has 118 valence electrons. The number of aryl methyl sites for hydroxylation is 1. The zero-order valence-corrected chi connectivity index (χ0v) is 15.2. The molecule has 1 aromatic carbocycles. The fraction of sp³-hybridized carbons (Fsp3) is 0.286. The second kappa shape index (κ2) is 7.51. The second-order valence-corrected chi connectivity index (χ2v) is 6.30. The monoisotopic (exact) mass is 376 g/mol. The first-order valence-electron chi connectivity index (χ1n) is 6.59. The number of hydrogen-bond donors (Lipinski definition) is 1. The number of anilines is 1. The largest absolute Gasteiger partial charge is 0.346 e. The zero-order valence-electron chi connectivity index (χ0n) is 12.1. The van der Waals surface area contributed by atoms with E-state index in [9.17, 15) is 0 Å². The van der Waals surface area contributed by atoms with Crippen LogP contribution in [0.3, 0.4) is 0 Å². The minimum absolute atomic E-state index is 0.518. The van der Waals surface area contributed by atoms with Gasteiger partial charge in [-0.1, -0.05) is 34.8 Å². The predicted octanol–water partition coefficient (Wildman–Crippen LogP) is 4.69. The van der Waals surface area contributed by atoms with Crippen LogP contribution < -0.4 is 5.32 Å². The van der Waals surface area contributed by atoms with Crippen molar-refractivity contribution in [3.05, 3.63) is 45.2 Å². The Hall–Kier alpha value is -1.01. The van der Waals surface area contributed by atoms with E-state index in [0.29, 0.717) is 32.4 Å². The van der Waals surface area contributed by atoms with E-state index in [-0.39, 0.29) is 0 Å². The van der Waals surface area contributed by atoms with Gasteiger partial charge in [0.2, 0.25) is 0 Å². The van der Waals surface area contributed by atoms with Gasteiger partial charge < -0.3 is 10.2 Å². The van der Waals surface area contributed by atoms with Crippen LogP contribution in [0.25, 0.3) is 0 Å². The van der Waals surface area contributed by atoms with Crippen molar-refractivity contribution in [2.24, 2.45) is 0 Å². The normalized spacial score (nSPS) is 10.6. The highest BCUT2D eigenvalue weighted by Crippen LogP contribution is 2.26. The lowest BCUT2D eigenvalue weighted by Crippen LogP contribution is -2.31. The molecule has 22 heavy (non-hydrogen) atoms. The van der Waals surface area contributed by atoms with Crippen LogP contribution in [0.4, 0.5) is 5.69 Å². The van der Waals surface area contributed by atoms with Crippen LogP contribution in [0.5, 0.6) is 0 Å². The third-order valence-corrected chi connectivity index (χ3v) is 4.40. The van der Waals surface area contributed by atoms with Crippen molar-refractivity contribution in [1.82, 2.24) is 14.7 Å². The highest BCUT2D eigenvalue weighted by atomic mass is 35.5. The van der Waals surface area contributed by atoms with Gasteiger partial charge >= 0.3 is 0 Å². The molecule has 0 aliphatic rings. The van der Waals surface area contributed by atoms with Gasteiger partial charge in [0.15, 0.2) is 5.11 Å². The average molecular weight is 378 g/mol. The molecule has 4 nitrogen and oxygen atoms in total. The highest BCUT2D eigenvalue weighted by Gasteiger charge is 2.13. The van der Waals surface area contributed by atoms with Gasteiger partial charge in [-0.15, -0.1) is 0 Å². The van der Waals surface area contributed by atoms with E-state index in [4.69, 9.17) is 47.0 Å². The van der Waals surface area contributed by atoms with Crippen LogP contribution >= 0.6 is 47.0 Å². The SMILES string of the molecule is CCn1ncc(Cl)c1CN(C)C(=S)Nc1cc(Cl)ccc1Cl. The summed E-state index contributed by atoms with van der Waals surface area (Å²) in [6.07, 6.45) is 1.64. The van der Waals surface area contributed by atoms with Gasteiger partial charge in [-0.05, 0) is 37.3 Å². The summed E-state index contributed by atoms with van der Waals surface area (Å²) in [7, 11) is 1.87. The number of rotatable bonds is 4. The highest BCUT2D eigenvalue weighted by molar-refractivity contribution is 7.80. The summed E-state index contributed by atoms with van der Waals surface area (Å²) in [6.45, 7) is 3.29. The maximum Gasteiger partial charge on any atom is 0.173 e. The molecule has 0 atom stereocenters. The molecule has 0 aliphatic heterocycles. The standard InChI is InChI=1S/C14H15Cl3N4S/c1-3-21-13(11(17)7-18-21)8-20(2)14(22)19-12-6-9(15)4-5-10(12)16/h4-7H,3,8H2,1-2H3,(H,19,22). The number of thiocarbonyl (C=S) groups is 1. The van der Waals surface area contributed by atoms with Crippen molar-refractivity contribution >= 4 is 57.8 Å². The van der Waals surface area contributed by atoms with E-state index in [1.54, 1.807) is 24.4 Å². The van der Waals surface area contributed by atoms with Crippen molar-refractivity contribution in [1.29, 1.82) is 0 Å². The minimum atomic E-state index is 0.518. The molecule has 1 N–H and O–H groups in total. The lowest BCUT2D eigenvalue weighted by Gasteiger charge is -2.22. The van der Waals surface area contributed by atoms with Gasteiger partial charge in [0.05, 0.1) is 34.2 Å². The maximum atomic E-state index is 6.17. The average Bonchev–Trinajstić information content (AvgIpc) is 2.83. The number of nitrogens with one attached hydrogen (secondary N) is 1. The molecule has 1 heterocycles. The van der Waals surface area contributed by atoms with Crippen molar-refractivity contribution in [2.75, 3.05) is 12.4 Å². The van der Waals surface area contributed by atoms with E-state index in [0.717, 1.165) is 12.2 Å². The first kappa shape index (κ1) is 17.3. The Morgan fingerprint density at radius 1 is 1.32 bits per heavy atom. The fourth-order valence-electron chi connectivity index (χ4n) is 1.92. The first-order valence-corrected chi connectivity index (χ1v) is 8.14. The molecule has 2 rings (SSSR count). The molecule has 0 saturated carbocycles. The third kappa shape index (κ3) is 4.04. The van der Waals surface area contributed by atoms with E-state index in [2.05, 4.69) is 10.4 Å². The number of benzene rings is 1. The molecule has 0 aliphatic carbocycles. The van der Waals surface area contributed by atoms with Crippen LogP contribution in [0.2, 0.25) is 15.1 Å². The van der Waals surface area contributed by atoms with Crippen LogP contribution in [-0.4, -0.2) is 26.8 Å². The number of hydrogen-bond acceptors (Lipinski definition) is 2.